The third-order valence-corrected chi connectivity index (χ3v) is 6.22. The van der Waals surface area contributed by atoms with Crippen molar-refractivity contribution < 1.29 is 4.57 Å². The lowest BCUT2D eigenvalue weighted by Gasteiger charge is -2.05. The van der Waals surface area contributed by atoms with E-state index in [0.29, 0.717) is 0 Å². The van der Waals surface area contributed by atoms with Crippen LogP contribution in [-0.4, -0.2) is 4.57 Å². The monoisotopic (exact) mass is 391 g/mol. The minimum absolute atomic E-state index is 1.21. The largest absolute Gasteiger partial charge is 0.256 e. The van der Waals surface area contributed by atoms with E-state index in [9.17, 15) is 0 Å². The van der Waals surface area contributed by atoms with E-state index in [1.165, 1.54) is 134 Å². The second-order valence-corrected chi connectivity index (χ2v) is 8.93. The van der Waals surface area contributed by atoms with E-state index < -0.39 is 0 Å². The molecular weight excluding hydrogens is 340 g/mol. The molecule has 0 aliphatic rings. The number of aromatic nitrogens is 2. The van der Waals surface area contributed by atoms with E-state index in [2.05, 4.69) is 42.4 Å². The Morgan fingerprint density at radius 3 is 1.54 bits per heavy atom. The highest BCUT2D eigenvalue weighted by Crippen LogP contribution is 2.13. The molecular formula is C26H51N2+. The lowest BCUT2D eigenvalue weighted by molar-refractivity contribution is -0.678. The maximum atomic E-state index is 2.52. The third-order valence-electron chi connectivity index (χ3n) is 6.22. The molecule has 2 heteroatoms. The molecule has 28 heavy (non-hydrogen) atoms. The Morgan fingerprint density at radius 1 is 0.607 bits per heavy atom. The van der Waals surface area contributed by atoms with Gasteiger partial charge in [0.1, 0.15) is 12.4 Å². The van der Waals surface area contributed by atoms with Gasteiger partial charge in [-0.15, -0.1) is 0 Å². The van der Waals surface area contributed by atoms with Gasteiger partial charge in [0.2, 0.25) is 0 Å². The van der Waals surface area contributed by atoms with Crippen molar-refractivity contribution in [3.63, 3.8) is 0 Å². The number of nitrogens with zero attached hydrogens (tertiary/aromatic N) is 2. The molecule has 0 fully saturated rings. The zero-order valence-corrected chi connectivity index (χ0v) is 19.7. The van der Waals surface area contributed by atoms with Gasteiger partial charge in [-0.3, -0.25) is 0 Å². The first kappa shape index (κ1) is 25.2. The average Bonchev–Trinajstić information content (AvgIpc) is 3.05. The lowest BCUT2D eigenvalue weighted by Crippen LogP contribution is -2.32. The van der Waals surface area contributed by atoms with E-state index in [0.717, 1.165) is 0 Å². The molecule has 1 aromatic heterocycles. The average molecular weight is 392 g/mol. The van der Waals surface area contributed by atoms with E-state index in [1.807, 2.05) is 0 Å². The van der Waals surface area contributed by atoms with Crippen LogP contribution in [0.1, 0.15) is 135 Å². The van der Waals surface area contributed by atoms with Crippen LogP contribution in [0.5, 0.6) is 0 Å². The molecule has 0 amide bonds. The zero-order valence-electron chi connectivity index (χ0n) is 19.7. The number of rotatable bonds is 20. The molecule has 0 aromatic carbocycles. The second kappa shape index (κ2) is 18.3. The van der Waals surface area contributed by atoms with Gasteiger partial charge < -0.3 is 0 Å². The van der Waals surface area contributed by atoms with Crippen LogP contribution in [-0.2, 0) is 20.0 Å². The summed E-state index contributed by atoms with van der Waals surface area (Å²) in [4.78, 5) is 0. The van der Waals surface area contributed by atoms with Crippen molar-refractivity contribution in [2.24, 2.45) is 7.05 Å². The second-order valence-electron chi connectivity index (χ2n) is 8.93. The van der Waals surface area contributed by atoms with E-state index in [4.69, 9.17) is 0 Å². The van der Waals surface area contributed by atoms with Gasteiger partial charge in [-0.2, -0.15) is 0 Å². The molecule has 164 valence electrons. The number of hydrogen-bond acceptors (Lipinski definition) is 0. The molecule has 0 atom stereocenters. The van der Waals surface area contributed by atoms with Crippen LogP contribution < -0.4 is 4.57 Å². The number of hydrogen-bond donors (Lipinski definition) is 0. The van der Waals surface area contributed by atoms with Gasteiger partial charge in [-0.1, -0.05) is 110 Å². The van der Waals surface area contributed by atoms with Crippen LogP contribution in [0.15, 0.2) is 12.4 Å². The fraction of sp³-hybridized carbons (Fsp3) is 0.885. The Hall–Kier alpha value is -0.790. The first-order valence-corrected chi connectivity index (χ1v) is 12.8. The van der Waals surface area contributed by atoms with Crippen LogP contribution in [0.3, 0.4) is 0 Å². The van der Waals surface area contributed by atoms with Crippen LogP contribution in [0.2, 0.25) is 0 Å². The summed E-state index contributed by atoms with van der Waals surface area (Å²) < 4.78 is 4.86. The maximum absolute atomic E-state index is 2.52. The molecule has 0 spiro atoms. The van der Waals surface area contributed by atoms with E-state index in [-0.39, 0.29) is 0 Å². The topological polar surface area (TPSA) is 8.81 Å². The van der Waals surface area contributed by atoms with Crippen molar-refractivity contribution >= 4 is 0 Å². The normalized spacial score (nSPS) is 11.4. The molecule has 0 saturated carbocycles. The SMILES string of the molecule is CCCCCCCCCCCCn1cc[n+](C)c1CCCCCCCCCC. The summed E-state index contributed by atoms with van der Waals surface area (Å²) >= 11 is 0. The van der Waals surface area contributed by atoms with Crippen molar-refractivity contribution in [3.8, 4) is 0 Å². The molecule has 2 nitrogen and oxygen atoms in total. The predicted octanol–water partition coefficient (Wildman–Crippen LogP) is 7.92. The zero-order chi connectivity index (χ0) is 20.3. The van der Waals surface area contributed by atoms with Gasteiger partial charge >= 0.3 is 0 Å². The lowest BCUT2D eigenvalue weighted by atomic mass is 10.1. The molecule has 0 aliphatic carbocycles. The Balaban J connectivity index is 2.06. The number of unbranched alkanes of at least 4 members (excludes halogenated alkanes) is 16. The first-order chi connectivity index (χ1) is 13.8. The Labute approximate surface area is 177 Å². The third kappa shape index (κ3) is 12.6. The van der Waals surface area contributed by atoms with Crippen LogP contribution >= 0.6 is 0 Å². The number of imidazole rings is 1. The smallest absolute Gasteiger partial charge is 0.237 e. The standard InChI is InChI=1S/C26H51N2/c1-4-6-8-10-12-14-15-17-19-21-23-28-25-24-27(3)26(28)22-20-18-16-13-11-9-7-5-2/h24-25H,4-23H2,1-3H3/q+1. The van der Waals surface area contributed by atoms with Crippen LogP contribution in [0, 0.1) is 0 Å². The van der Waals surface area contributed by atoms with Crippen LogP contribution in [0.25, 0.3) is 0 Å². The molecule has 1 heterocycles. The summed E-state index contributed by atoms with van der Waals surface area (Å²) in [5, 5.41) is 0. The molecule has 1 rings (SSSR count). The van der Waals surface area contributed by atoms with E-state index in [1.54, 1.807) is 0 Å². The van der Waals surface area contributed by atoms with Gasteiger partial charge in [0.15, 0.2) is 0 Å². The Morgan fingerprint density at radius 2 is 1.04 bits per heavy atom. The highest BCUT2D eigenvalue weighted by atomic mass is 15.1. The first-order valence-electron chi connectivity index (χ1n) is 12.8. The summed E-state index contributed by atoms with van der Waals surface area (Å²) in [7, 11) is 2.22. The van der Waals surface area contributed by atoms with Gasteiger partial charge in [0, 0.05) is 6.42 Å². The highest BCUT2D eigenvalue weighted by molar-refractivity contribution is 4.84. The molecule has 0 unspecified atom stereocenters. The molecule has 0 bridgehead atoms. The van der Waals surface area contributed by atoms with Crippen molar-refractivity contribution in [2.45, 2.75) is 142 Å². The minimum Gasteiger partial charge on any atom is -0.237 e. The Kier molecular flexibility index (Phi) is 16.5. The summed E-state index contributed by atoms with van der Waals surface area (Å²) in [6, 6.07) is 0. The van der Waals surface area contributed by atoms with Gasteiger partial charge in [0.05, 0.1) is 13.6 Å². The van der Waals surface area contributed by atoms with Crippen LogP contribution in [0.4, 0.5) is 0 Å². The van der Waals surface area contributed by atoms with E-state index >= 15 is 0 Å². The predicted molar refractivity (Wildman–Crippen MR) is 124 cm³/mol. The van der Waals surface area contributed by atoms with Gasteiger partial charge in [-0.25, -0.2) is 9.13 Å². The summed E-state index contributed by atoms with van der Waals surface area (Å²) in [6.45, 7) is 5.81. The van der Waals surface area contributed by atoms with Crippen molar-refractivity contribution in [2.75, 3.05) is 0 Å². The fourth-order valence-electron chi connectivity index (χ4n) is 4.27. The highest BCUT2D eigenvalue weighted by Gasteiger charge is 2.13. The summed E-state index contributed by atoms with van der Waals surface area (Å²) in [5.41, 5.74) is 0. The summed E-state index contributed by atoms with van der Waals surface area (Å²) in [6.07, 6.45) is 31.2. The molecule has 0 aliphatic heterocycles. The molecule has 0 radical (unpaired) electrons. The summed E-state index contributed by atoms with van der Waals surface area (Å²) in [5.74, 6) is 1.53. The number of aryl methyl sites for hydroxylation is 2. The van der Waals surface area contributed by atoms with Crippen molar-refractivity contribution in [3.05, 3.63) is 18.2 Å². The quantitative estimate of drug-likeness (QED) is 0.158. The molecule has 0 N–H and O–H groups in total. The fourth-order valence-corrected chi connectivity index (χ4v) is 4.27. The van der Waals surface area contributed by atoms with Gasteiger partial charge in [-0.05, 0) is 19.3 Å². The maximum Gasteiger partial charge on any atom is 0.256 e. The van der Waals surface area contributed by atoms with Crippen molar-refractivity contribution in [1.29, 1.82) is 0 Å². The Bertz CT molecular complexity index is 449. The van der Waals surface area contributed by atoms with Crippen molar-refractivity contribution in [1.82, 2.24) is 4.57 Å². The molecule has 0 saturated heterocycles. The minimum atomic E-state index is 1.21. The van der Waals surface area contributed by atoms with Gasteiger partial charge in [0.25, 0.3) is 5.82 Å². The molecule has 1 aromatic rings.